The van der Waals surface area contributed by atoms with Crippen LogP contribution in [0.2, 0.25) is 0 Å². The second-order valence-corrected chi connectivity index (χ2v) is 6.20. The minimum Gasteiger partial charge on any atom is -0.343 e. The van der Waals surface area contributed by atoms with E-state index >= 15 is 0 Å². The third-order valence-corrected chi connectivity index (χ3v) is 3.96. The number of nitrogens with zero attached hydrogens (tertiary/aromatic N) is 1. The van der Waals surface area contributed by atoms with Gasteiger partial charge in [-0.05, 0) is 0 Å². The number of rotatable bonds is 5. The Bertz CT molecular complexity index is 648. The van der Waals surface area contributed by atoms with Crippen LogP contribution in [0.4, 0.5) is 13.2 Å². The van der Waals surface area contributed by atoms with Gasteiger partial charge in [0.25, 0.3) is 21.9 Å². The molecule has 0 radical (unpaired) electrons. The Labute approximate surface area is 126 Å². The van der Waals surface area contributed by atoms with Crippen LogP contribution in [-0.2, 0) is 34.1 Å². The predicted octanol–water partition coefficient (Wildman–Crippen LogP) is -1.66. The van der Waals surface area contributed by atoms with Gasteiger partial charge in [0.2, 0.25) is 0 Å². The van der Waals surface area contributed by atoms with E-state index in [1.54, 1.807) is 0 Å². The van der Waals surface area contributed by atoms with Gasteiger partial charge in [-0.2, -0.15) is 21.6 Å². The highest BCUT2D eigenvalue weighted by Gasteiger charge is 2.58. The van der Waals surface area contributed by atoms with Crippen molar-refractivity contribution in [3.63, 3.8) is 0 Å². The van der Waals surface area contributed by atoms with Crippen molar-refractivity contribution in [2.45, 2.75) is 30.2 Å². The van der Waals surface area contributed by atoms with Crippen LogP contribution in [0, 0.1) is 0 Å². The molecule has 2 rings (SSSR count). The molecule has 2 amide bonds. The molecule has 2 saturated heterocycles. The Balaban J connectivity index is 1.84. The number of hydrogen-bond donors (Lipinski definition) is 2. The van der Waals surface area contributed by atoms with Gasteiger partial charge < -0.3 is 9.57 Å². The number of imide groups is 1. The molecule has 2 aliphatic rings. The summed E-state index contributed by atoms with van der Waals surface area (Å²) in [5.41, 5.74) is 0. The number of epoxide rings is 1. The van der Waals surface area contributed by atoms with Gasteiger partial charge in [0.05, 0.1) is 13.0 Å². The first-order valence-electron chi connectivity index (χ1n) is 5.90. The van der Waals surface area contributed by atoms with Crippen LogP contribution in [0.5, 0.6) is 0 Å². The number of amides is 2. The van der Waals surface area contributed by atoms with E-state index in [1.807, 2.05) is 5.32 Å². The molecule has 14 heteroatoms. The third kappa shape index (κ3) is 3.95. The molecule has 0 saturated carbocycles. The first kappa shape index (κ1) is 17.6. The first-order chi connectivity index (χ1) is 10.4. The molecular formula is C9H9F3N2O8S. The maximum atomic E-state index is 12.1. The number of ether oxygens (including phenoxy) is 1. The lowest BCUT2D eigenvalue weighted by molar-refractivity contribution is -0.196. The Morgan fingerprint density at radius 2 is 2.04 bits per heavy atom. The summed E-state index contributed by atoms with van der Waals surface area (Å²) in [5, 5.41) is -0.217. The summed E-state index contributed by atoms with van der Waals surface area (Å²) in [6.07, 6.45) is -9.06. The Kier molecular flexibility index (Phi) is 4.36. The maximum absolute atomic E-state index is 12.1. The van der Waals surface area contributed by atoms with Gasteiger partial charge in [0.15, 0.2) is 11.4 Å². The molecule has 23 heavy (non-hydrogen) atoms. The second kappa shape index (κ2) is 5.70. The molecule has 0 spiro atoms. The van der Waals surface area contributed by atoms with E-state index in [2.05, 4.69) is 9.57 Å². The molecule has 2 aliphatic heterocycles. The first-order valence-corrected chi connectivity index (χ1v) is 7.41. The molecule has 0 bridgehead atoms. The van der Waals surface area contributed by atoms with Gasteiger partial charge in [0.1, 0.15) is 6.23 Å². The van der Waals surface area contributed by atoms with Crippen LogP contribution >= 0.6 is 0 Å². The lowest BCUT2D eigenvalue weighted by Gasteiger charge is -2.13. The van der Waals surface area contributed by atoms with Crippen molar-refractivity contribution >= 4 is 27.9 Å². The molecule has 0 aromatic rings. The largest absolute Gasteiger partial charge is 0.418 e. The van der Waals surface area contributed by atoms with Crippen molar-refractivity contribution < 1.29 is 50.1 Å². The van der Waals surface area contributed by atoms with Crippen LogP contribution in [0.3, 0.4) is 0 Å². The Morgan fingerprint density at radius 1 is 1.43 bits per heavy atom. The van der Waals surface area contributed by atoms with Gasteiger partial charge in [-0.15, -0.1) is 5.06 Å². The molecule has 2 heterocycles. The fourth-order valence-corrected chi connectivity index (χ4v) is 2.45. The normalized spacial score (nSPS) is 28.2. The van der Waals surface area contributed by atoms with Gasteiger partial charge in [-0.25, -0.2) is 4.79 Å². The third-order valence-electron chi connectivity index (χ3n) is 2.88. The molecule has 0 aromatic carbocycles. The zero-order chi connectivity index (χ0) is 17.6. The highest BCUT2D eigenvalue weighted by Crippen LogP contribution is 2.36. The van der Waals surface area contributed by atoms with E-state index in [4.69, 9.17) is 4.55 Å². The summed E-state index contributed by atoms with van der Waals surface area (Å²) in [5.74, 6) is -3.98. The van der Waals surface area contributed by atoms with Gasteiger partial charge >= 0.3 is 12.1 Å². The standard InChI is InChI=1S/C9H9F3N2O8S/c10-9(11,12)6-7(21-6)13-2-5(16)22-14-4(15)1-3(8(14)17)23(18,19)20/h3,6-7,13H,1-2H2,(H,18,19,20). The average molecular weight is 362 g/mol. The zero-order valence-electron chi connectivity index (χ0n) is 10.9. The fourth-order valence-electron chi connectivity index (χ4n) is 1.75. The lowest BCUT2D eigenvalue weighted by Crippen LogP contribution is -2.40. The van der Waals surface area contributed by atoms with E-state index in [0.717, 1.165) is 0 Å². The van der Waals surface area contributed by atoms with Crippen molar-refractivity contribution in [1.29, 1.82) is 0 Å². The topological polar surface area (TPSA) is 143 Å². The minimum absolute atomic E-state index is 0.155. The van der Waals surface area contributed by atoms with Gasteiger partial charge in [-0.1, -0.05) is 0 Å². The number of carbonyl (C=O) groups excluding carboxylic acids is 3. The summed E-state index contributed by atoms with van der Waals surface area (Å²) in [7, 11) is -4.86. The van der Waals surface area contributed by atoms with E-state index in [0.29, 0.717) is 0 Å². The zero-order valence-corrected chi connectivity index (χ0v) is 11.8. The Hall–Kier alpha value is -1.77. The number of hydrogen-bond acceptors (Lipinski definition) is 8. The minimum atomic E-state index is -4.86. The van der Waals surface area contributed by atoms with Crippen molar-refractivity contribution in [1.82, 2.24) is 10.4 Å². The molecule has 0 aromatic heterocycles. The number of alkyl halides is 3. The van der Waals surface area contributed by atoms with Gasteiger partial charge in [0, 0.05) is 0 Å². The summed E-state index contributed by atoms with van der Waals surface area (Å²) < 4.78 is 71.1. The van der Waals surface area contributed by atoms with Gasteiger partial charge in [-0.3, -0.25) is 19.5 Å². The van der Waals surface area contributed by atoms with Crippen molar-refractivity contribution in [3.8, 4) is 0 Å². The highest BCUT2D eigenvalue weighted by molar-refractivity contribution is 7.87. The molecule has 3 unspecified atom stereocenters. The number of nitrogens with one attached hydrogen (secondary N) is 1. The fraction of sp³-hybridized carbons (Fsp3) is 0.667. The van der Waals surface area contributed by atoms with E-state index in [-0.39, 0.29) is 5.06 Å². The summed E-state index contributed by atoms with van der Waals surface area (Å²) >= 11 is 0. The highest BCUT2D eigenvalue weighted by atomic mass is 32.2. The maximum Gasteiger partial charge on any atom is 0.418 e. The van der Waals surface area contributed by atoms with E-state index in [1.165, 1.54) is 0 Å². The smallest absolute Gasteiger partial charge is 0.343 e. The van der Waals surface area contributed by atoms with Crippen LogP contribution in [0.15, 0.2) is 0 Å². The molecule has 2 fully saturated rings. The monoisotopic (exact) mass is 362 g/mol. The van der Waals surface area contributed by atoms with E-state index in [9.17, 15) is 36.0 Å². The molecule has 2 N–H and O–H groups in total. The quantitative estimate of drug-likeness (QED) is 0.333. The predicted molar refractivity (Wildman–Crippen MR) is 60.6 cm³/mol. The summed E-state index contributed by atoms with van der Waals surface area (Å²) in [6.45, 7) is -0.829. The van der Waals surface area contributed by atoms with Crippen LogP contribution in [0.1, 0.15) is 6.42 Å². The molecule has 0 aliphatic carbocycles. The molecule has 130 valence electrons. The summed E-state index contributed by atoms with van der Waals surface area (Å²) in [6, 6.07) is 0. The van der Waals surface area contributed by atoms with Crippen LogP contribution < -0.4 is 5.32 Å². The van der Waals surface area contributed by atoms with Crippen LogP contribution in [0.25, 0.3) is 0 Å². The summed E-state index contributed by atoms with van der Waals surface area (Å²) in [4.78, 5) is 38.5. The number of hydroxylamine groups is 2. The number of halogens is 3. The van der Waals surface area contributed by atoms with Crippen molar-refractivity contribution in [2.24, 2.45) is 0 Å². The van der Waals surface area contributed by atoms with Crippen molar-refractivity contribution in [2.75, 3.05) is 6.54 Å². The second-order valence-electron chi connectivity index (χ2n) is 4.60. The molecule has 3 atom stereocenters. The van der Waals surface area contributed by atoms with Crippen molar-refractivity contribution in [3.05, 3.63) is 0 Å². The van der Waals surface area contributed by atoms with Crippen LogP contribution in [-0.4, -0.2) is 66.1 Å². The number of carbonyl (C=O) groups is 3. The Morgan fingerprint density at radius 3 is 2.48 bits per heavy atom. The van der Waals surface area contributed by atoms with E-state index < -0.39 is 64.6 Å². The SMILES string of the molecule is O=C(CNC1OC1C(F)(F)F)ON1C(=O)CC(S(=O)(=O)O)C1=O. The average Bonchev–Trinajstić information content (AvgIpc) is 3.12. The lowest BCUT2D eigenvalue weighted by atomic mass is 10.4. The molecular weight excluding hydrogens is 353 g/mol. The molecule has 10 nitrogen and oxygen atoms in total.